The fourth-order valence-corrected chi connectivity index (χ4v) is 5.93. The molecule has 0 aliphatic heterocycles. The van der Waals surface area contributed by atoms with E-state index in [1.54, 1.807) is 0 Å². The van der Waals surface area contributed by atoms with Crippen LogP contribution < -0.4 is 10.6 Å². The van der Waals surface area contributed by atoms with Gasteiger partial charge in [0.05, 0.1) is 0 Å². The van der Waals surface area contributed by atoms with E-state index in [1.807, 2.05) is 0 Å². The summed E-state index contributed by atoms with van der Waals surface area (Å²) < 4.78 is 0. The summed E-state index contributed by atoms with van der Waals surface area (Å²) in [4.78, 5) is 25.1. The van der Waals surface area contributed by atoms with E-state index >= 15 is 0 Å². The molecule has 224 valence electrons. The van der Waals surface area contributed by atoms with E-state index in [9.17, 15) is 9.59 Å². The second-order valence-electron chi connectivity index (χ2n) is 12.2. The van der Waals surface area contributed by atoms with Crippen LogP contribution in [0.25, 0.3) is 0 Å². The van der Waals surface area contributed by atoms with E-state index in [2.05, 4.69) is 24.5 Å². The highest BCUT2D eigenvalue weighted by Gasteiger charge is 2.27. The average molecular weight is 535 g/mol. The molecule has 2 amide bonds. The Bertz CT molecular complexity index is 503. The third-order valence-corrected chi connectivity index (χ3v) is 8.47. The third-order valence-electron chi connectivity index (χ3n) is 8.47. The molecule has 38 heavy (non-hydrogen) atoms. The standard InChI is InChI=1S/C34H66N2O2/c1-3-5-7-9-11-13-15-17-19-21-23-29-33(37)35-31-27-25-26-28-32(31)36-34(38)30-24-22-20-18-16-14-12-10-8-6-4-2/h31-32H,3-30H2,1-2H3,(H,35,37)(H,36,38)/t31-,32-/m1/s1. The molecule has 1 saturated carbocycles. The fourth-order valence-electron chi connectivity index (χ4n) is 5.93. The van der Waals surface area contributed by atoms with Gasteiger partial charge in [-0.25, -0.2) is 0 Å². The number of unbranched alkanes of at least 4 members (excludes halogenated alkanes) is 20. The van der Waals surface area contributed by atoms with Gasteiger partial charge in [0.2, 0.25) is 11.8 Å². The SMILES string of the molecule is CCCCCCCCCCCCCC(=O)N[C@@H]1CCCC[C@H]1NC(=O)CCCCCCCCCCCCC. The first-order valence-electron chi connectivity index (χ1n) is 17.3. The molecule has 0 aromatic rings. The molecule has 0 radical (unpaired) electrons. The Labute approximate surface area is 237 Å². The first-order chi connectivity index (χ1) is 18.7. The highest BCUT2D eigenvalue weighted by atomic mass is 16.2. The van der Waals surface area contributed by atoms with Crippen molar-refractivity contribution in [2.45, 2.75) is 206 Å². The normalized spacial score (nSPS) is 17.4. The molecule has 2 atom stereocenters. The number of carbonyl (C=O) groups is 2. The number of amides is 2. The summed E-state index contributed by atoms with van der Waals surface area (Å²) in [5.74, 6) is 0.356. The van der Waals surface area contributed by atoms with Crippen molar-refractivity contribution in [3.8, 4) is 0 Å². The molecule has 2 N–H and O–H groups in total. The average Bonchev–Trinajstić information content (AvgIpc) is 2.91. The van der Waals surface area contributed by atoms with Crippen molar-refractivity contribution in [2.75, 3.05) is 0 Å². The van der Waals surface area contributed by atoms with Crippen LogP contribution in [-0.2, 0) is 9.59 Å². The molecule has 1 aliphatic rings. The Hall–Kier alpha value is -1.06. The Morgan fingerprint density at radius 1 is 0.447 bits per heavy atom. The van der Waals surface area contributed by atoms with Crippen molar-refractivity contribution in [1.29, 1.82) is 0 Å². The predicted octanol–water partition coefficient (Wildman–Crippen LogP) is 9.93. The lowest BCUT2D eigenvalue weighted by molar-refractivity contribution is -0.125. The zero-order chi connectivity index (χ0) is 27.5. The largest absolute Gasteiger partial charge is 0.351 e. The molecule has 0 aromatic heterocycles. The maximum Gasteiger partial charge on any atom is 0.220 e. The number of rotatable bonds is 26. The minimum Gasteiger partial charge on any atom is -0.351 e. The van der Waals surface area contributed by atoms with Gasteiger partial charge >= 0.3 is 0 Å². The lowest BCUT2D eigenvalue weighted by atomic mass is 9.90. The summed E-state index contributed by atoms with van der Waals surface area (Å²) >= 11 is 0. The molecule has 4 heteroatoms. The van der Waals surface area contributed by atoms with Crippen LogP contribution in [0.5, 0.6) is 0 Å². The lowest BCUT2D eigenvalue weighted by Gasteiger charge is -2.33. The van der Waals surface area contributed by atoms with Gasteiger partial charge in [0.25, 0.3) is 0 Å². The lowest BCUT2D eigenvalue weighted by Crippen LogP contribution is -2.53. The summed E-state index contributed by atoms with van der Waals surface area (Å²) in [5, 5.41) is 6.54. The van der Waals surface area contributed by atoms with Gasteiger partial charge in [0, 0.05) is 24.9 Å². The van der Waals surface area contributed by atoms with Gasteiger partial charge in [-0.05, 0) is 25.7 Å². The first kappa shape index (κ1) is 35.0. The van der Waals surface area contributed by atoms with Crippen LogP contribution in [0, 0.1) is 0 Å². The monoisotopic (exact) mass is 535 g/mol. The van der Waals surface area contributed by atoms with Gasteiger partial charge in [-0.3, -0.25) is 9.59 Å². The van der Waals surface area contributed by atoms with Crippen molar-refractivity contribution < 1.29 is 9.59 Å². The minimum absolute atomic E-state index is 0.116. The highest BCUT2D eigenvalue weighted by Crippen LogP contribution is 2.20. The molecule has 1 rings (SSSR count). The molecular formula is C34H66N2O2. The van der Waals surface area contributed by atoms with E-state index in [1.165, 1.54) is 116 Å². The molecule has 0 unspecified atom stereocenters. The van der Waals surface area contributed by atoms with Crippen LogP contribution >= 0.6 is 0 Å². The summed E-state index contributed by atoms with van der Waals surface area (Å²) in [6, 6.07) is 0.232. The molecule has 0 spiro atoms. The second-order valence-corrected chi connectivity index (χ2v) is 12.2. The van der Waals surface area contributed by atoms with Gasteiger partial charge < -0.3 is 10.6 Å². The Morgan fingerprint density at radius 3 is 1.00 bits per heavy atom. The molecule has 0 heterocycles. The van der Waals surface area contributed by atoms with Crippen molar-refractivity contribution in [3.05, 3.63) is 0 Å². The number of nitrogens with one attached hydrogen (secondary N) is 2. The zero-order valence-electron chi connectivity index (χ0n) is 25.8. The summed E-state index contributed by atoms with van der Waals surface area (Å²) in [7, 11) is 0. The predicted molar refractivity (Wildman–Crippen MR) is 164 cm³/mol. The van der Waals surface area contributed by atoms with Crippen molar-refractivity contribution >= 4 is 11.8 Å². The zero-order valence-corrected chi connectivity index (χ0v) is 25.8. The van der Waals surface area contributed by atoms with Crippen LogP contribution in [0.3, 0.4) is 0 Å². The Kier molecular flexibility index (Phi) is 24.1. The second kappa shape index (κ2) is 26.2. The maximum atomic E-state index is 12.6. The molecule has 0 saturated heterocycles. The Morgan fingerprint density at radius 2 is 0.711 bits per heavy atom. The maximum absolute atomic E-state index is 12.6. The van der Waals surface area contributed by atoms with E-state index in [0.29, 0.717) is 12.8 Å². The molecular weight excluding hydrogens is 468 g/mol. The summed E-state index contributed by atoms with van der Waals surface area (Å²) in [6.45, 7) is 4.54. The molecule has 1 aliphatic carbocycles. The number of hydrogen-bond donors (Lipinski definition) is 2. The summed E-state index contributed by atoms with van der Waals surface area (Å²) in [6.07, 6.45) is 34.2. The van der Waals surface area contributed by atoms with E-state index in [4.69, 9.17) is 0 Å². The number of carbonyl (C=O) groups excluding carboxylic acids is 2. The van der Waals surface area contributed by atoms with Crippen molar-refractivity contribution in [2.24, 2.45) is 0 Å². The van der Waals surface area contributed by atoms with Gasteiger partial charge in [-0.15, -0.1) is 0 Å². The quantitative estimate of drug-likeness (QED) is 0.108. The van der Waals surface area contributed by atoms with Gasteiger partial charge in [0.1, 0.15) is 0 Å². The van der Waals surface area contributed by atoms with Crippen molar-refractivity contribution in [1.82, 2.24) is 10.6 Å². The smallest absolute Gasteiger partial charge is 0.220 e. The van der Waals surface area contributed by atoms with E-state index in [0.717, 1.165) is 51.4 Å². The topological polar surface area (TPSA) is 58.2 Å². The van der Waals surface area contributed by atoms with E-state index in [-0.39, 0.29) is 23.9 Å². The van der Waals surface area contributed by atoms with E-state index < -0.39 is 0 Å². The minimum atomic E-state index is 0.116. The third kappa shape index (κ3) is 20.8. The van der Waals surface area contributed by atoms with Gasteiger partial charge in [0.15, 0.2) is 0 Å². The number of hydrogen-bond acceptors (Lipinski definition) is 2. The molecule has 1 fully saturated rings. The highest BCUT2D eigenvalue weighted by molar-refractivity contribution is 5.77. The molecule has 0 aromatic carbocycles. The molecule has 0 bridgehead atoms. The van der Waals surface area contributed by atoms with Crippen LogP contribution in [0.2, 0.25) is 0 Å². The first-order valence-corrected chi connectivity index (χ1v) is 17.3. The van der Waals surface area contributed by atoms with Crippen LogP contribution in [0.15, 0.2) is 0 Å². The fraction of sp³-hybridized carbons (Fsp3) is 0.941. The Balaban J connectivity index is 2.04. The van der Waals surface area contributed by atoms with Gasteiger partial charge in [-0.2, -0.15) is 0 Å². The van der Waals surface area contributed by atoms with Gasteiger partial charge in [-0.1, -0.05) is 155 Å². The van der Waals surface area contributed by atoms with Crippen LogP contribution in [-0.4, -0.2) is 23.9 Å². The van der Waals surface area contributed by atoms with Crippen LogP contribution in [0.4, 0.5) is 0 Å². The molecule has 4 nitrogen and oxygen atoms in total. The van der Waals surface area contributed by atoms with Crippen molar-refractivity contribution in [3.63, 3.8) is 0 Å². The summed E-state index contributed by atoms with van der Waals surface area (Å²) in [5.41, 5.74) is 0. The van der Waals surface area contributed by atoms with Crippen LogP contribution in [0.1, 0.15) is 194 Å².